The summed E-state index contributed by atoms with van der Waals surface area (Å²) in [5.41, 5.74) is 0.894. The van der Waals surface area contributed by atoms with Crippen molar-refractivity contribution in [3.05, 3.63) is 58.6 Å². The van der Waals surface area contributed by atoms with Gasteiger partial charge in [-0.05, 0) is 29.8 Å². The minimum atomic E-state index is -1.27. The van der Waals surface area contributed by atoms with Gasteiger partial charge in [-0.25, -0.2) is 0 Å². The van der Waals surface area contributed by atoms with E-state index in [0.29, 0.717) is 22.1 Å². The Bertz CT molecular complexity index is 738. The number of methoxy groups -OCH3 is 2. The molecule has 1 atom stereocenters. The van der Waals surface area contributed by atoms with Crippen molar-refractivity contribution < 1.29 is 24.2 Å². The number of amides is 1. The SMILES string of the molecule is COc1cc(OC)cc(C(=O)N[C@@H](CC(=O)[O-])c2ccc(Cl)cc2)c1. The van der Waals surface area contributed by atoms with Crippen LogP contribution in [0.2, 0.25) is 5.02 Å². The molecule has 0 aliphatic rings. The van der Waals surface area contributed by atoms with E-state index >= 15 is 0 Å². The largest absolute Gasteiger partial charge is 0.550 e. The standard InChI is InChI=1S/C18H18ClNO5/c1-24-14-7-12(8-15(9-14)25-2)18(23)20-16(10-17(21)22)11-3-5-13(19)6-4-11/h3-9,16H,10H2,1-2H3,(H,20,23)(H,21,22)/p-1/t16-/m0/s1. The number of benzene rings is 2. The normalized spacial score (nSPS) is 11.5. The van der Waals surface area contributed by atoms with Crippen LogP contribution >= 0.6 is 11.6 Å². The van der Waals surface area contributed by atoms with Gasteiger partial charge in [0.15, 0.2) is 0 Å². The molecule has 0 bridgehead atoms. The zero-order valence-corrected chi connectivity index (χ0v) is 14.5. The number of rotatable bonds is 7. The number of carbonyl (C=O) groups is 2. The van der Waals surface area contributed by atoms with Gasteiger partial charge < -0.3 is 24.7 Å². The Morgan fingerprint density at radius 2 is 1.64 bits per heavy atom. The molecule has 0 heterocycles. The molecular formula is C18H17ClNO5-. The lowest BCUT2D eigenvalue weighted by molar-refractivity contribution is -0.306. The second-order valence-corrected chi connectivity index (χ2v) is 5.69. The average Bonchev–Trinajstić information content (AvgIpc) is 2.60. The van der Waals surface area contributed by atoms with Crippen LogP contribution in [0, 0.1) is 0 Å². The molecule has 0 spiro atoms. The maximum atomic E-state index is 12.6. The quantitative estimate of drug-likeness (QED) is 0.813. The lowest BCUT2D eigenvalue weighted by Gasteiger charge is -2.20. The zero-order valence-electron chi connectivity index (χ0n) is 13.7. The van der Waals surface area contributed by atoms with E-state index in [1.807, 2.05) is 0 Å². The van der Waals surface area contributed by atoms with E-state index in [2.05, 4.69) is 5.32 Å². The summed E-state index contributed by atoms with van der Waals surface area (Å²) in [6, 6.07) is 10.5. The summed E-state index contributed by atoms with van der Waals surface area (Å²) in [6.45, 7) is 0. The molecule has 0 saturated heterocycles. The number of hydrogen-bond acceptors (Lipinski definition) is 5. The van der Waals surface area contributed by atoms with Crippen molar-refractivity contribution in [1.82, 2.24) is 5.32 Å². The van der Waals surface area contributed by atoms with Gasteiger partial charge in [0.25, 0.3) is 5.91 Å². The Hall–Kier alpha value is -2.73. The second kappa shape index (κ2) is 8.39. The smallest absolute Gasteiger partial charge is 0.252 e. The van der Waals surface area contributed by atoms with Crippen LogP contribution in [0.25, 0.3) is 0 Å². The number of carbonyl (C=O) groups excluding carboxylic acids is 2. The van der Waals surface area contributed by atoms with Gasteiger partial charge >= 0.3 is 0 Å². The monoisotopic (exact) mass is 362 g/mol. The van der Waals surface area contributed by atoms with Gasteiger partial charge in [-0.1, -0.05) is 23.7 Å². The van der Waals surface area contributed by atoms with E-state index in [9.17, 15) is 14.7 Å². The molecule has 0 saturated carbocycles. The molecule has 0 radical (unpaired) electrons. The van der Waals surface area contributed by atoms with Gasteiger partial charge in [-0.2, -0.15) is 0 Å². The van der Waals surface area contributed by atoms with Crippen molar-refractivity contribution in [1.29, 1.82) is 0 Å². The Labute approximate surface area is 150 Å². The molecule has 0 fully saturated rings. The highest BCUT2D eigenvalue weighted by Gasteiger charge is 2.17. The zero-order chi connectivity index (χ0) is 18.4. The molecule has 2 aromatic rings. The fraction of sp³-hybridized carbons (Fsp3) is 0.222. The molecule has 2 aromatic carbocycles. The minimum Gasteiger partial charge on any atom is -0.550 e. The summed E-state index contributed by atoms with van der Waals surface area (Å²) in [5, 5.41) is 14.2. The van der Waals surface area contributed by atoms with E-state index in [1.54, 1.807) is 30.3 Å². The van der Waals surface area contributed by atoms with Crippen LogP contribution in [-0.2, 0) is 4.79 Å². The molecule has 0 aromatic heterocycles. The summed E-state index contributed by atoms with van der Waals surface area (Å²) in [7, 11) is 2.95. The third-order valence-electron chi connectivity index (χ3n) is 3.56. The molecule has 132 valence electrons. The molecule has 0 aliphatic carbocycles. The van der Waals surface area contributed by atoms with Gasteiger partial charge in [0.2, 0.25) is 0 Å². The summed E-state index contributed by atoms with van der Waals surface area (Å²) in [4.78, 5) is 23.6. The lowest BCUT2D eigenvalue weighted by atomic mass is 10.0. The number of carboxylic acids is 1. The summed E-state index contributed by atoms with van der Waals surface area (Å²) in [6.07, 6.45) is -0.367. The van der Waals surface area contributed by atoms with Crippen molar-refractivity contribution in [2.24, 2.45) is 0 Å². The van der Waals surface area contributed by atoms with Crippen LogP contribution in [0.15, 0.2) is 42.5 Å². The molecule has 0 aliphatic heterocycles. The molecule has 1 N–H and O–H groups in total. The first-order chi connectivity index (χ1) is 11.9. The molecule has 0 unspecified atom stereocenters. The molecule has 6 nitrogen and oxygen atoms in total. The first kappa shape index (κ1) is 18.6. The topological polar surface area (TPSA) is 87.7 Å². The maximum Gasteiger partial charge on any atom is 0.252 e. The highest BCUT2D eigenvalue weighted by Crippen LogP contribution is 2.24. The van der Waals surface area contributed by atoms with E-state index in [4.69, 9.17) is 21.1 Å². The van der Waals surface area contributed by atoms with Gasteiger partial charge in [-0.3, -0.25) is 4.79 Å². The molecule has 25 heavy (non-hydrogen) atoms. The van der Waals surface area contributed by atoms with E-state index in [-0.39, 0.29) is 12.0 Å². The minimum absolute atomic E-state index is 0.286. The van der Waals surface area contributed by atoms with Crippen LogP contribution < -0.4 is 19.9 Å². The molecular weight excluding hydrogens is 346 g/mol. The third-order valence-corrected chi connectivity index (χ3v) is 3.81. The number of ether oxygens (including phenoxy) is 2. The highest BCUT2D eigenvalue weighted by molar-refractivity contribution is 6.30. The van der Waals surface area contributed by atoms with Gasteiger partial charge in [0, 0.05) is 29.0 Å². The van der Waals surface area contributed by atoms with Gasteiger partial charge in [-0.15, -0.1) is 0 Å². The van der Waals surface area contributed by atoms with E-state index in [0.717, 1.165) is 0 Å². The van der Waals surface area contributed by atoms with Crippen molar-refractivity contribution in [2.45, 2.75) is 12.5 Å². The van der Waals surface area contributed by atoms with Gasteiger partial charge in [0.05, 0.1) is 20.3 Å². The highest BCUT2D eigenvalue weighted by atomic mass is 35.5. The number of hydrogen-bond donors (Lipinski definition) is 1. The van der Waals surface area contributed by atoms with Gasteiger partial charge in [0.1, 0.15) is 11.5 Å². The Morgan fingerprint density at radius 1 is 1.08 bits per heavy atom. The van der Waals surface area contributed by atoms with Crippen molar-refractivity contribution >= 4 is 23.5 Å². The first-order valence-corrected chi connectivity index (χ1v) is 7.80. The number of halogens is 1. The predicted molar refractivity (Wildman–Crippen MR) is 90.8 cm³/mol. The maximum absolute atomic E-state index is 12.6. The van der Waals surface area contributed by atoms with Crippen molar-refractivity contribution in [2.75, 3.05) is 14.2 Å². The van der Waals surface area contributed by atoms with Crippen LogP contribution in [0.5, 0.6) is 11.5 Å². The number of carboxylic acid groups (broad SMARTS) is 1. The van der Waals surface area contributed by atoms with Crippen LogP contribution in [-0.4, -0.2) is 26.1 Å². The van der Waals surface area contributed by atoms with Crippen molar-refractivity contribution in [3.8, 4) is 11.5 Å². The van der Waals surface area contributed by atoms with E-state index in [1.165, 1.54) is 26.4 Å². The second-order valence-electron chi connectivity index (χ2n) is 5.26. The van der Waals surface area contributed by atoms with Crippen molar-refractivity contribution in [3.63, 3.8) is 0 Å². The summed E-state index contributed by atoms with van der Waals surface area (Å²) >= 11 is 5.85. The molecule has 7 heteroatoms. The summed E-state index contributed by atoms with van der Waals surface area (Å²) in [5.74, 6) is -0.832. The Balaban J connectivity index is 2.27. The van der Waals surface area contributed by atoms with Crippen LogP contribution in [0.1, 0.15) is 28.4 Å². The third kappa shape index (κ3) is 5.12. The lowest BCUT2D eigenvalue weighted by Crippen LogP contribution is -2.34. The van der Waals surface area contributed by atoms with Crippen LogP contribution in [0.3, 0.4) is 0 Å². The Kier molecular flexibility index (Phi) is 6.25. The molecule has 2 rings (SSSR count). The average molecular weight is 363 g/mol. The number of nitrogens with one attached hydrogen (secondary N) is 1. The van der Waals surface area contributed by atoms with E-state index < -0.39 is 17.9 Å². The fourth-order valence-electron chi connectivity index (χ4n) is 2.29. The van der Waals surface area contributed by atoms with Crippen LogP contribution in [0.4, 0.5) is 0 Å². The first-order valence-electron chi connectivity index (χ1n) is 7.42. The molecule has 1 amide bonds. The summed E-state index contributed by atoms with van der Waals surface area (Å²) < 4.78 is 10.3. The predicted octanol–water partition coefficient (Wildman–Crippen LogP) is 1.97. The Morgan fingerprint density at radius 3 is 2.12 bits per heavy atom. The number of aliphatic carboxylic acids is 1. The fourth-order valence-corrected chi connectivity index (χ4v) is 2.42.